The highest BCUT2D eigenvalue weighted by Gasteiger charge is 2.42. The smallest absolute Gasteiger partial charge is 0.249 e. The Balaban J connectivity index is 2.00. The zero-order valence-corrected chi connectivity index (χ0v) is 12.5. The predicted octanol–water partition coefficient (Wildman–Crippen LogP) is 2.76. The van der Waals surface area contributed by atoms with Gasteiger partial charge < -0.3 is 10.2 Å². The van der Waals surface area contributed by atoms with Crippen molar-refractivity contribution in [2.75, 3.05) is 11.4 Å². The molecule has 1 aromatic rings. The van der Waals surface area contributed by atoms with E-state index in [1.54, 1.807) is 0 Å². The van der Waals surface area contributed by atoms with Gasteiger partial charge in [-0.3, -0.25) is 9.59 Å². The maximum absolute atomic E-state index is 13.3. The SMILES string of the molecule is O=C1CCN(c2c(Cl)cc(F)cc2Cl)C(=O)C(C2CC2)N1. The number of nitrogens with one attached hydrogen (secondary N) is 1. The van der Waals surface area contributed by atoms with E-state index >= 15 is 0 Å². The molecule has 1 aliphatic heterocycles. The highest BCUT2D eigenvalue weighted by atomic mass is 35.5. The lowest BCUT2D eigenvalue weighted by molar-refractivity contribution is -0.126. The van der Waals surface area contributed by atoms with Crippen LogP contribution < -0.4 is 10.2 Å². The minimum absolute atomic E-state index is 0.0669. The van der Waals surface area contributed by atoms with Crippen LogP contribution in [0.5, 0.6) is 0 Å². The van der Waals surface area contributed by atoms with E-state index in [1.807, 2.05) is 0 Å². The van der Waals surface area contributed by atoms with E-state index in [2.05, 4.69) is 5.32 Å². The Morgan fingerprint density at radius 2 is 1.81 bits per heavy atom. The molecule has 1 unspecified atom stereocenters. The standard InChI is InChI=1S/C14H13Cl2FN2O2/c15-9-5-8(17)6-10(16)13(9)19-4-3-11(20)18-12(14(19)21)7-1-2-7/h5-7,12H,1-4H2,(H,18,20). The van der Waals surface area contributed by atoms with Crippen LogP contribution in [0.15, 0.2) is 12.1 Å². The number of carbonyl (C=O) groups is 2. The number of hydrogen-bond acceptors (Lipinski definition) is 2. The predicted molar refractivity (Wildman–Crippen MR) is 78.0 cm³/mol. The fraction of sp³-hybridized carbons (Fsp3) is 0.429. The monoisotopic (exact) mass is 330 g/mol. The molecule has 2 aliphatic rings. The number of halogens is 3. The highest BCUT2D eigenvalue weighted by molar-refractivity contribution is 6.40. The molecule has 112 valence electrons. The minimum Gasteiger partial charge on any atom is -0.344 e. The van der Waals surface area contributed by atoms with Crippen molar-refractivity contribution in [2.24, 2.45) is 5.92 Å². The van der Waals surface area contributed by atoms with Crippen LogP contribution in [0.1, 0.15) is 19.3 Å². The summed E-state index contributed by atoms with van der Waals surface area (Å²) in [5, 5.41) is 2.88. The Morgan fingerprint density at radius 1 is 1.19 bits per heavy atom. The number of amides is 2. The molecule has 1 aromatic carbocycles. The lowest BCUT2D eigenvalue weighted by Crippen LogP contribution is -2.46. The normalized spacial score (nSPS) is 23.0. The van der Waals surface area contributed by atoms with Crippen LogP contribution in [-0.4, -0.2) is 24.4 Å². The molecule has 7 heteroatoms. The van der Waals surface area contributed by atoms with Gasteiger partial charge in [0.2, 0.25) is 11.8 Å². The summed E-state index contributed by atoms with van der Waals surface area (Å²) in [6.45, 7) is 0.180. The van der Waals surface area contributed by atoms with E-state index in [4.69, 9.17) is 23.2 Å². The van der Waals surface area contributed by atoms with Gasteiger partial charge in [-0.1, -0.05) is 23.2 Å². The van der Waals surface area contributed by atoms with Gasteiger partial charge in [-0.15, -0.1) is 0 Å². The number of nitrogens with zero attached hydrogens (tertiary/aromatic N) is 1. The molecule has 1 N–H and O–H groups in total. The topological polar surface area (TPSA) is 49.4 Å². The van der Waals surface area contributed by atoms with Crippen LogP contribution in [0.3, 0.4) is 0 Å². The lowest BCUT2D eigenvalue weighted by atomic mass is 10.1. The molecule has 21 heavy (non-hydrogen) atoms. The number of carbonyl (C=O) groups excluding carboxylic acids is 2. The van der Waals surface area contributed by atoms with Crippen LogP contribution in [0.2, 0.25) is 10.0 Å². The van der Waals surface area contributed by atoms with Gasteiger partial charge in [-0.2, -0.15) is 0 Å². The van der Waals surface area contributed by atoms with E-state index < -0.39 is 11.9 Å². The fourth-order valence-electron chi connectivity index (χ4n) is 2.56. The third-order valence-electron chi connectivity index (χ3n) is 3.76. The Bertz CT molecular complexity index is 596. The minimum atomic E-state index is -0.566. The second-order valence-electron chi connectivity index (χ2n) is 5.34. The van der Waals surface area contributed by atoms with Gasteiger partial charge in [0.15, 0.2) is 0 Å². The lowest BCUT2D eigenvalue weighted by Gasteiger charge is -2.25. The summed E-state index contributed by atoms with van der Waals surface area (Å²) in [4.78, 5) is 25.8. The van der Waals surface area contributed by atoms with Gasteiger partial charge in [-0.05, 0) is 30.9 Å². The summed E-state index contributed by atoms with van der Waals surface area (Å²) in [5.74, 6) is -0.806. The molecule has 1 saturated carbocycles. The number of anilines is 1. The van der Waals surface area contributed by atoms with Gasteiger partial charge in [0.25, 0.3) is 0 Å². The molecular formula is C14H13Cl2FN2O2. The summed E-state index contributed by atoms with van der Waals surface area (Å²) in [7, 11) is 0. The number of hydrogen-bond donors (Lipinski definition) is 1. The van der Waals surface area contributed by atoms with Gasteiger partial charge in [-0.25, -0.2) is 4.39 Å². The maximum Gasteiger partial charge on any atom is 0.249 e. The molecule has 1 saturated heterocycles. The van der Waals surface area contributed by atoms with E-state index in [0.29, 0.717) is 0 Å². The zero-order valence-electron chi connectivity index (χ0n) is 11.0. The van der Waals surface area contributed by atoms with E-state index in [0.717, 1.165) is 25.0 Å². The van der Waals surface area contributed by atoms with Gasteiger partial charge >= 0.3 is 0 Å². The third kappa shape index (κ3) is 2.85. The van der Waals surface area contributed by atoms with E-state index in [9.17, 15) is 14.0 Å². The summed E-state index contributed by atoms with van der Waals surface area (Å²) in [6, 6.07) is 1.68. The number of rotatable bonds is 2. The largest absolute Gasteiger partial charge is 0.344 e. The van der Waals surface area contributed by atoms with E-state index in [-0.39, 0.29) is 46.4 Å². The molecule has 2 amide bonds. The van der Waals surface area contributed by atoms with E-state index in [1.165, 1.54) is 4.90 Å². The van der Waals surface area contributed by atoms with Crippen molar-refractivity contribution >= 4 is 40.7 Å². The quantitative estimate of drug-likeness (QED) is 0.906. The molecule has 2 fully saturated rings. The second-order valence-corrected chi connectivity index (χ2v) is 6.15. The van der Waals surface area contributed by atoms with Crippen LogP contribution >= 0.6 is 23.2 Å². The number of benzene rings is 1. The molecule has 0 spiro atoms. The Hall–Kier alpha value is -1.33. The highest BCUT2D eigenvalue weighted by Crippen LogP contribution is 2.39. The Morgan fingerprint density at radius 3 is 2.38 bits per heavy atom. The molecule has 0 bridgehead atoms. The summed E-state index contributed by atoms with van der Waals surface area (Å²) in [6.07, 6.45) is 1.99. The average Bonchev–Trinajstić information content (AvgIpc) is 3.21. The van der Waals surface area contributed by atoms with Crippen molar-refractivity contribution in [3.05, 3.63) is 28.0 Å². The van der Waals surface area contributed by atoms with Crippen LogP contribution in [0.25, 0.3) is 0 Å². The van der Waals surface area contributed by atoms with Gasteiger partial charge in [0, 0.05) is 13.0 Å². The third-order valence-corrected chi connectivity index (χ3v) is 4.33. The molecule has 1 heterocycles. The molecule has 4 nitrogen and oxygen atoms in total. The van der Waals surface area contributed by atoms with Crippen molar-refractivity contribution in [3.8, 4) is 0 Å². The van der Waals surface area contributed by atoms with Crippen molar-refractivity contribution < 1.29 is 14.0 Å². The molecule has 1 aliphatic carbocycles. The van der Waals surface area contributed by atoms with Crippen LogP contribution in [-0.2, 0) is 9.59 Å². The fourth-order valence-corrected chi connectivity index (χ4v) is 3.23. The van der Waals surface area contributed by atoms with Gasteiger partial charge in [0.05, 0.1) is 15.7 Å². The first-order valence-corrected chi connectivity index (χ1v) is 7.48. The van der Waals surface area contributed by atoms with Crippen molar-refractivity contribution in [1.82, 2.24) is 5.32 Å². The second kappa shape index (κ2) is 5.46. The molecular weight excluding hydrogens is 318 g/mol. The molecule has 0 aromatic heterocycles. The Kier molecular flexibility index (Phi) is 3.80. The molecule has 1 atom stereocenters. The van der Waals surface area contributed by atoms with Gasteiger partial charge in [0.1, 0.15) is 11.9 Å². The summed E-state index contributed by atoms with van der Waals surface area (Å²) < 4.78 is 13.3. The first-order chi connectivity index (χ1) is 9.97. The molecule has 3 rings (SSSR count). The van der Waals surface area contributed by atoms with Crippen LogP contribution in [0.4, 0.5) is 10.1 Å². The van der Waals surface area contributed by atoms with Crippen molar-refractivity contribution in [2.45, 2.75) is 25.3 Å². The van der Waals surface area contributed by atoms with Crippen molar-refractivity contribution in [3.63, 3.8) is 0 Å². The summed E-state index contributed by atoms with van der Waals surface area (Å²) >= 11 is 12.1. The zero-order chi connectivity index (χ0) is 15.1. The first kappa shape index (κ1) is 14.6. The summed E-state index contributed by atoms with van der Waals surface area (Å²) in [5.41, 5.74) is 0.270. The van der Waals surface area contributed by atoms with Crippen molar-refractivity contribution in [1.29, 1.82) is 0 Å². The average molecular weight is 331 g/mol. The first-order valence-electron chi connectivity index (χ1n) is 6.72. The maximum atomic E-state index is 13.3. The van der Waals surface area contributed by atoms with Crippen LogP contribution in [0, 0.1) is 11.7 Å². The molecule has 0 radical (unpaired) electrons. The Labute approximate surface area is 131 Å².